The molecule has 2 rings (SSSR count). The Morgan fingerprint density at radius 2 is 2.17 bits per heavy atom. The summed E-state index contributed by atoms with van der Waals surface area (Å²) >= 11 is 0. The van der Waals surface area contributed by atoms with E-state index in [4.69, 9.17) is 5.11 Å². The molecular weight excluding hydrogens is 260 g/mol. The molecule has 0 aromatic carbocycles. The maximum Gasteiger partial charge on any atom is 0.356 e. The van der Waals surface area contributed by atoms with Crippen LogP contribution in [0.5, 0.6) is 0 Å². The van der Waals surface area contributed by atoms with E-state index in [-0.39, 0.29) is 23.6 Å². The largest absolute Gasteiger partial charge is 0.476 e. The zero-order chi connectivity index (χ0) is 13.6. The summed E-state index contributed by atoms with van der Waals surface area (Å²) in [5, 5.41) is 12.6. The van der Waals surface area contributed by atoms with Crippen molar-refractivity contribution in [2.45, 2.75) is 18.9 Å². The van der Waals surface area contributed by atoms with Gasteiger partial charge >= 0.3 is 5.97 Å². The van der Waals surface area contributed by atoms with Gasteiger partial charge in [-0.25, -0.2) is 17.9 Å². The number of rotatable bonds is 2. The molecule has 1 fully saturated rings. The van der Waals surface area contributed by atoms with Crippen molar-refractivity contribution in [3.8, 4) is 0 Å². The number of carboxylic acids is 1. The van der Waals surface area contributed by atoms with Gasteiger partial charge in [-0.15, -0.1) is 0 Å². The number of sulfone groups is 1. The second-order valence-electron chi connectivity index (χ2n) is 4.61. The maximum atomic E-state index is 11.7. The molecule has 1 N–H and O–H groups in total. The van der Waals surface area contributed by atoms with Gasteiger partial charge in [0.2, 0.25) is 0 Å². The highest BCUT2D eigenvalue weighted by molar-refractivity contribution is 7.91. The van der Waals surface area contributed by atoms with Gasteiger partial charge in [0, 0.05) is 6.07 Å². The number of aromatic nitrogens is 2. The van der Waals surface area contributed by atoms with Gasteiger partial charge in [0.25, 0.3) is 5.56 Å². The summed E-state index contributed by atoms with van der Waals surface area (Å²) in [4.78, 5) is 22.5. The van der Waals surface area contributed by atoms with Crippen LogP contribution in [0.15, 0.2) is 16.9 Å². The topological polar surface area (TPSA) is 106 Å². The van der Waals surface area contributed by atoms with Gasteiger partial charge in [0.15, 0.2) is 15.5 Å². The fraction of sp³-hybridized carbons (Fsp3) is 0.500. The van der Waals surface area contributed by atoms with Crippen LogP contribution in [0.3, 0.4) is 0 Å². The fourth-order valence-electron chi connectivity index (χ4n) is 2.07. The van der Waals surface area contributed by atoms with Crippen molar-refractivity contribution in [1.29, 1.82) is 0 Å². The van der Waals surface area contributed by atoms with Gasteiger partial charge in [-0.3, -0.25) is 4.79 Å². The molecule has 1 aliphatic heterocycles. The number of carboxylic acid groups (broad SMARTS) is 1. The molecule has 2 heterocycles. The molecule has 0 bridgehead atoms. The van der Waals surface area contributed by atoms with E-state index in [0.29, 0.717) is 0 Å². The Balaban J connectivity index is 2.55. The van der Waals surface area contributed by atoms with Crippen LogP contribution in [-0.4, -0.2) is 40.8 Å². The van der Waals surface area contributed by atoms with Gasteiger partial charge in [0.1, 0.15) is 0 Å². The van der Waals surface area contributed by atoms with E-state index in [2.05, 4.69) is 5.10 Å². The molecule has 18 heavy (non-hydrogen) atoms. The summed E-state index contributed by atoms with van der Waals surface area (Å²) in [6.07, 6.45) is 0.255. The Hall–Kier alpha value is -1.70. The molecular formula is C10H12N2O5S. The summed E-state index contributed by atoms with van der Waals surface area (Å²) in [5.41, 5.74) is -1.75. The first-order chi connectivity index (χ1) is 8.23. The third-order valence-corrected chi connectivity index (χ3v) is 4.90. The van der Waals surface area contributed by atoms with E-state index in [1.165, 1.54) is 0 Å². The highest BCUT2D eigenvalue weighted by Crippen LogP contribution is 2.28. The Bertz CT molecular complexity index is 663. The van der Waals surface area contributed by atoms with E-state index in [1.54, 1.807) is 6.92 Å². The van der Waals surface area contributed by atoms with Crippen molar-refractivity contribution < 1.29 is 18.3 Å². The van der Waals surface area contributed by atoms with Gasteiger partial charge in [-0.1, -0.05) is 0 Å². The van der Waals surface area contributed by atoms with Crippen molar-refractivity contribution in [2.24, 2.45) is 0 Å². The molecule has 1 unspecified atom stereocenters. The predicted octanol–water partition coefficient (Wildman–Crippen LogP) is -0.525. The molecule has 0 spiro atoms. The van der Waals surface area contributed by atoms with Crippen LogP contribution >= 0.6 is 0 Å². The molecule has 0 radical (unpaired) electrons. The van der Waals surface area contributed by atoms with Crippen molar-refractivity contribution in [1.82, 2.24) is 9.78 Å². The smallest absolute Gasteiger partial charge is 0.356 e. The van der Waals surface area contributed by atoms with Crippen molar-refractivity contribution in [2.75, 3.05) is 11.5 Å². The molecule has 98 valence electrons. The summed E-state index contributed by atoms with van der Waals surface area (Å²) in [6.45, 7) is 1.59. The SMILES string of the molecule is CC1(n2nc(C(=O)O)ccc2=O)CCS(=O)(=O)C1. The minimum atomic E-state index is -3.20. The number of hydrogen-bond acceptors (Lipinski definition) is 5. The number of carbonyl (C=O) groups is 1. The molecule has 1 aromatic rings. The second kappa shape index (κ2) is 3.91. The Morgan fingerprint density at radius 3 is 2.67 bits per heavy atom. The highest BCUT2D eigenvalue weighted by atomic mass is 32.2. The minimum Gasteiger partial charge on any atom is -0.476 e. The predicted molar refractivity (Wildman–Crippen MR) is 62.4 cm³/mol. The van der Waals surface area contributed by atoms with Crippen LogP contribution in [0.4, 0.5) is 0 Å². The molecule has 0 aliphatic carbocycles. The third-order valence-electron chi connectivity index (χ3n) is 3.01. The summed E-state index contributed by atoms with van der Waals surface area (Å²) in [5.74, 6) is -1.47. The van der Waals surface area contributed by atoms with Crippen LogP contribution in [0.1, 0.15) is 23.8 Å². The molecule has 0 saturated carbocycles. The van der Waals surface area contributed by atoms with Gasteiger partial charge in [0.05, 0.1) is 17.0 Å². The average Bonchev–Trinajstić information content (AvgIpc) is 2.54. The fourth-order valence-corrected chi connectivity index (χ4v) is 4.18. The van der Waals surface area contributed by atoms with E-state index in [9.17, 15) is 18.0 Å². The molecule has 1 atom stereocenters. The normalized spacial score (nSPS) is 26.1. The molecule has 1 aromatic heterocycles. The summed E-state index contributed by atoms with van der Waals surface area (Å²) in [6, 6.07) is 2.20. The van der Waals surface area contributed by atoms with E-state index in [0.717, 1.165) is 16.8 Å². The van der Waals surface area contributed by atoms with Crippen LogP contribution in [-0.2, 0) is 15.4 Å². The average molecular weight is 272 g/mol. The summed E-state index contributed by atoms with van der Waals surface area (Å²) < 4.78 is 24.0. The van der Waals surface area contributed by atoms with E-state index < -0.39 is 26.9 Å². The standard InChI is InChI=1S/C10H12N2O5S/c1-10(4-5-18(16,17)6-10)12-8(13)3-2-7(11-12)9(14)15/h2-3H,4-6H2,1H3,(H,14,15). The van der Waals surface area contributed by atoms with Gasteiger partial charge in [-0.2, -0.15) is 5.10 Å². The van der Waals surface area contributed by atoms with Gasteiger partial charge < -0.3 is 5.11 Å². The quantitative estimate of drug-likeness (QED) is 0.776. The lowest BCUT2D eigenvalue weighted by Gasteiger charge is -2.23. The zero-order valence-corrected chi connectivity index (χ0v) is 10.5. The number of aromatic carboxylic acids is 1. The van der Waals surface area contributed by atoms with Gasteiger partial charge in [-0.05, 0) is 19.4 Å². The molecule has 1 aliphatic rings. The first-order valence-electron chi connectivity index (χ1n) is 5.28. The molecule has 8 heteroatoms. The third kappa shape index (κ3) is 2.15. The van der Waals surface area contributed by atoms with Crippen molar-refractivity contribution >= 4 is 15.8 Å². The highest BCUT2D eigenvalue weighted by Gasteiger charge is 2.41. The number of hydrogen-bond donors (Lipinski definition) is 1. The first kappa shape index (κ1) is 12.7. The lowest BCUT2D eigenvalue weighted by molar-refractivity contribution is 0.0685. The van der Waals surface area contributed by atoms with Crippen LogP contribution in [0, 0.1) is 0 Å². The maximum absolute atomic E-state index is 11.7. The molecule has 7 nitrogen and oxygen atoms in total. The molecule has 1 saturated heterocycles. The van der Waals surface area contributed by atoms with E-state index >= 15 is 0 Å². The Kier molecular flexibility index (Phi) is 2.77. The zero-order valence-electron chi connectivity index (χ0n) is 9.66. The minimum absolute atomic E-state index is 0.0189. The number of nitrogens with zero attached hydrogens (tertiary/aromatic N) is 2. The van der Waals surface area contributed by atoms with Crippen molar-refractivity contribution in [3.63, 3.8) is 0 Å². The van der Waals surface area contributed by atoms with Crippen LogP contribution < -0.4 is 5.56 Å². The Morgan fingerprint density at radius 1 is 1.50 bits per heavy atom. The lowest BCUT2D eigenvalue weighted by Crippen LogP contribution is -2.42. The second-order valence-corrected chi connectivity index (χ2v) is 6.80. The Labute approximate surface area is 103 Å². The monoisotopic (exact) mass is 272 g/mol. The lowest BCUT2D eigenvalue weighted by atomic mass is 10.0. The van der Waals surface area contributed by atoms with Crippen LogP contribution in [0.2, 0.25) is 0 Å². The first-order valence-corrected chi connectivity index (χ1v) is 7.10. The summed E-state index contributed by atoms with van der Waals surface area (Å²) in [7, 11) is -3.20. The van der Waals surface area contributed by atoms with Crippen LogP contribution in [0.25, 0.3) is 0 Å². The molecule has 0 amide bonds. The van der Waals surface area contributed by atoms with E-state index in [1.807, 2.05) is 0 Å². The van der Waals surface area contributed by atoms with Crippen molar-refractivity contribution in [3.05, 3.63) is 28.2 Å².